The fourth-order valence-electron chi connectivity index (χ4n) is 4.61. The maximum Gasteiger partial charge on any atom is 0.305 e. The normalized spacial score (nSPS) is 14.9. The molecule has 35 heavy (non-hydrogen) atoms. The average molecular weight is 479 g/mol. The summed E-state index contributed by atoms with van der Waals surface area (Å²) in [5.74, 6) is 0.573. The van der Waals surface area contributed by atoms with E-state index in [1.54, 1.807) is 18.2 Å². The van der Waals surface area contributed by atoms with E-state index in [0.29, 0.717) is 22.9 Å². The zero-order valence-corrected chi connectivity index (χ0v) is 19.7. The number of nitrogens with zero attached hydrogens (tertiary/aromatic N) is 1. The van der Waals surface area contributed by atoms with Crippen LogP contribution in [0.5, 0.6) is 0 Å². The summed E-state index contributed by atoms with van der Waals surface area (Å²) in [6.07, 6.45) is 5.71. The molecular formula is C26H30N4O5. The SMILES string of the molecule is Cc1oc(-c2ccc(=O)[nH]n2)cc1C(Nc1ccc(C(=O)NCCC(=O)O)cc1)C1CCCCC1. The van der Waals surface area contributed by atoms with Gasteiger partial charge in [0.25, 0.3) is 11.5 Å². The number of nitrogens with one attached hydrogen (secondary N) is 3. The highest BCUT2D eigenvalue weighted by atomic mass is 16.4. The Morgan fingerprint density at radius 2 is 1.89 bits per heavy atom. The molecule has 2 aromatic heterocycles. The number of carbonyl (C=O) groups excluding carboxylic acids is 1. The lowest BCUT2D eigenvalue weighted by molar-refractivity contribution is -0.136. The molecule has 0 spiro atoms. The lowest BCUT2D eigenvalue weighted by Crippen LogP contribution is -2.26. The minimum atomic E-state index is -0.951. The standard InChI is InChI=1S/C26H30N4O5/c1-16-20(15-22(35-16)21-11-12-23(31)30-29-21)25(17-5-3-2-4-6-17)28-19-9-7-18(8-10-19)26(34)27-14-13-24(32)33/h7-12,15,17,25,28H,2-6,13-14H2,1H3,(H,27,34)(H,30,31)(H,32,33). The number of benzene rings is 1. The van der Waals surface area contributed by atoms with Gasteiger partial charge >= 0.3 is 5.97 Å². The topological polar surface area (TPSA) is 137 Å². The number of anilines is 1. The molecule has 4 N–H and O–H groups in total. The number of carboxylic acid groups (broad SMARTS) is 1. The molecule has 9 nitrogen and oxygen atoms in total. The van der Waals surface area contributed by atoms with Crippen molar-refractivity contribution in [3.05, 3.63) is 69.7 Å². The molecule has 0 saturated heterocycles. The van der Waals surface area contributed by atoms with Gasteiger partial charge in [-0.05, 0) is 62.1 Å². The van der Waals surface area contributed by atoms with E-state index in [9.17, 15) is 14.4 Å². The molecular weight excluding hydrogens is 448 g/mol. The van der Waals surface area contributed by atoms with Crippen molar-refractivity contribution < 1.29 is 19.1 Å². The molecule has 2 heterocycles. The Hall–Kier alpha value is -3.88. The maximum absolute atomic E-state index is 12.3. The highest BCUT2D eigenvalue weighted by molar-refractivity contribution is 5.94. The van der Waals surface area contributed by atoms with Gasteiger partial charge in [-0.1, -0.05) is 19.3 Å². The summed E-state index contributed by atoms with van der Waals surface area (Å²) in [7, 11) is 0. The highest BCUT2D eigenvalue weighted by Crippen LogP contribution is 2.40. The van der Waals surface area contributed by atoms with Crippen molar-refractivity contribution in [1.82, 2.24) is 15.5 Å². The van der Waals surface area contributed by atoms with Gasteiger partial charge in [-0.15, -0.1) is 0 Å². The minimum absolute atomic E-state index is 0.0193. The first-order valence-corrected chi connectivity index (χ1v) is 11.9. The molecule has 1 atom stereocenters. The number of carboxylic acids is 1. The molecule has 1 saturated carbocycles. The second-order valence-corrected chi connectivity index (χ2v) is 8.93. The van der Waals surface area contributed by atoms with Crippen molar-refractivity contribution in [2.75, 3.05) is 11.9 Å². The Labute approximate surface area is 202 Å². The van der Waals surface area contributed by atoms with Gasteiger partial charge in [-0.2, -0.15) is 5.10 Å². The van der Waals surface area contributed by atoms with Crippen LogP contribution in [0.1, 0.15) is 66.2 Å². The van der Waals surface area contributed by atoms with Crippen LogP contribution in [0.4, 0.5) is 5.69 Å². The minimum Gasteiger partial charge on any atom is -0.481 e. The predicted octanol–water partition coefficient (Wildman–Crippen LogP) is 4.28. The number of amides is 1. The third-order valence-corrected chi connectivity index (χ3v) is 6.44. The largest absolute Gasteiger partial charge is 0.481 e. The van der Waals surface area contributed by atoms with Gasteiger partial charge in [0.1, 0.15) is 11.5 Å². The van der Waals surface area contributed by atoms with E-state index < -0.39 is 5.97 Å². The predicted molar refractivity (Wildman–Crippen MR) is 131 cm³/mol. The Bertz CT molecular complexity index is 1200. The second-order valence-electron chi connectivity index (χ2n) is 8.93. The van der Waals surface area contributed by atoms with E-state index in [0.717, 1.165) is 29.9 Å². The lowest BCUT2D eigenvalue weighted by Gasteiger charge is -2.31. The van der Waals surface area contributed by atoms with E-state index in [-0.39, 0.29) is 30.5 Å². The number of H-pyrrole nitrogens is 1. The van der Waals surface area contributed by atoms with Gasteiger partial charge in [0, 0.05) is 29.4 Å². The number of furan rings is 1. The third-order valence-electron chi connectivity index (χ3n) is 6.44. The van der Waals surface area contributed by atoms with Crippen molar-refractivity contribution in [3.63, 3.8) is 0 Å². The molecule has 4 rings (SSSR count). The molecule has 0 radical (unpaired) electrons. The number of aryl methyl sites for hydroxylation is 1. The smallest absolute Gasteiger partial charge is 0.305 e. The van der Waals surface area contributed by atoms with Gasteiger partial charge in [0.2, 0.25) is 0 Å². The quantitative estimate of drug-likeness (QED) is 0.360. The molecule has 0 aliphatic heterocycles. The van der Waals surface area contributed by atoms with Gasteiger partial charge in [0.05, 0.1) is 12.5 Å². The third kappa shape index (κ3) is 6.17. The molecule has 9 heteroatoms. The molecule has 3 aromatic rings. The molecule has 184 valence electrons. The molecule has 1 aromatic carbocycles. The van der Waals surface area contributed by atoms with Crippen molar-refractivity contribution >= 4 is 17.6 Å². The van der Waals surface area contributed by atoms with Crippen LogP contribution in [0.3, 0.4) is 0 Å². The van der Waals surface area contributed by atoms with Crippen LogP contribution in [0.15, 0.2) is 51.7 Å². The molecule has 1 aliphatic rings. The van der Waals surface area contributed by atoms with Crippen LogP contribution in [0.25, 0.3) is 11.5 Å². The fraction of sp³-hybridized carbons (Fsp3) is 0.385. The zero-order chi connectivity index (χ0) is 24.8. The summed E-state index contributed by atoms with van der Waals surface area (Å²) in [5, 5.41) is 21.5. The van der Waals surface area contributed by atoms with Crippen LogP contribution in [0.2, 0.25) is 0 Å². The van der Waals surface area contributed by atoms with E-state index in [2.05, 4.69) is 20.8 Å². The Morgan fingerprint density at radius 3 is 2.54 bits per heavy atom. The van der Waals surface area contributed by atoms with Gasteiger partial charge in [-0.25, -0.2) is 5.10 Å². The number of hydrogen-bond donors (Lipinski definition) is 4. The van der Waals surface area contributed by atoms with Crippen molar-refractivity contribution in [2.24, 2.45) is 5.92 Å². The monoisotopic (exact) mass is 478 g/mol. The number of rotatable bonds is 9. The first-order valence-electron chi connectivity index (χ1n) is 11.9. The van der Waals surface area contributed by atoms with Crippen LogP contribution in [-0.2, 0) is 4.79 Å². The molecule has 0 bridgehead atoms. The van der Waals surface area contributed by atoms with Crippen LogP contribution >= 0.6 is 0 Å². The molecule has 1 unspecified atom stereocenters. The Kier molecular flexibility index (Phi) is 7.64. The number of aromatic amines is 1. The number of aromatic nitrogens is 2. The average Bonchev–Trinajstić information content (AvgIpc) is 3.24. The van der Waals surface area contributed by atoms with Crippen molar-refractivity contribution in [2.45, 2.75) is 51.5 Å². The molecule has 1 aliphatic carbocycles. The van der Waals surface area contributed by atoms with Crippen molar-refractivity contribution in [3.8, 4) is 11.5 Å². The maximum atomic E-state index is 12.3. The summed E-state index contributed by atoms with van der Waals surface area (Å²) in [5.41, 5.74) is 2.71. The first-order chi connectivity index (χ1) is 16.9. The number of hydrogen-bond acceptors (Lipinski definition) is 6. The highest BCUT2D eigenvalue weighted by Gasteiger charge is 2.29. The summed E-state index contributed by atoms with van der Waals surface area (Å²) >= 11 is 0. The zero-order valence-electron chi connectivity index (χ0n) is 19.7. The van der Waals surface area contributed by atoms with E-state index >= 15 is 0 Å². The summed E-state index contributed by atoms with van der Waals surface area (Å²) in [6, 6.07) is 12.3. The number of aliphatic carboxylic acids is 1. The van der Waals surface area contributed by atoms with Gasteiger partial charge in [-0.3, -0.25) is 14.4 Å². The lowest BCUT2D eigenvalue weighted by atomic mass is 9.81. The second kappa shape index (κ2) is 11.0. The summed E-state index contributed by atoms with van der Waals surface area (Å²) < 4.78 is 6.04. The van der Waals surface area contributed by atoms with E-state index in [1.165, 1.54) is 25.3 Å². The van der Waals surface area contributed by atoms with E-state index in [4.69, 9.17) is 9.52 Å². The van der Waals surface area contributed by atoms with Gasteiger partial charge in [0.15, 0.2) is 5.76 Å². The Morgan fingerprint density at radius 1 is 1.14 bits per heavy atom. The van der Waals surface area contributed by atoms with Crippen molar-refractivity contribution in [1.29, 1.82) is 0 Å². The molecule has 1 fully saturated rings. The van der Waals surface area contributed by atoms with Crippen LogP contribution < -0.4 is 16.2 Å². The van der Waals surface area contributed by atoms with Crippen LogP contribution in [0, 0.1) is 12.8 Å². The summed E-state index contributed by atoms with van der Waals surface area (Å²) in [4.78, 5) is 34.3. The summed E-state index contributed by atoms with van der Waals surface area (Å²) in [6.45, 7) is 2.02. The Balaban J connectivity index is 1.54. The first kappa shape index (κ1) is 24.3. The van der Waals surface area contributed by atoms with Crippen LogP contribution in [-0.4, -0.2) is 33.7 Å². The molecule has 1 amide bonds. The number of carbonyl (C=O) groups is 2. The fourth-order valence-corrected chi connectivity index (χ4v) is 4.61. The van der Waals surface area contributed by atoms with E-state index in [1.807, 2.05) is 25.1 Å². The van der Waals surface area contributed by atoms with Gasteiger partial charge < -0.3 is 20.2 Å².